The summed E-state index contributed by atoms with van der Waals surface area (Å²) in [6.07, 6.45) is 0.832. The molecule has 0 saturated carbocycles. The number of fused-ring (bicyclic) bond motifs is 1. The van der Waals surface area contributed by atoms with Crippen LogP contribution in [0.25, 0.3) is 0 Å². The number of thioether (sulfide) groups is 1. The van der Waals surface area contributed by atoms with Gasteiger partial charge in [0.2, 0.25) is 5.91 Å². The zero-order valence-corrected chi connectivity index (χ0v) is 19.0. The summed E-state index contributed by atoms with van der Waals surface area (Å²) in [5.74, 6) is 0.260. The summed E-state index contributed by atoms with van der Waals surface area (Å²) in [5, 5.41) is 15.8. The lowest BCUT2D eigenvalue weighted by molar-refractivity contribution is -0.789. The van der Waals surface area contributed by atoms with Crippen LogP contribution in [0.3, 0.4) is 0 Å². The highest BCUT2D eigenvalue weighted by atomic mass is 32.2. The van der Waals surface area contributed by atoms with E-state index in [9.17, 15) is 10.1 Å². The van der Waals surface area contributed by atoms with Crippen molar-refractivity contribution in [2.24, 2.45) is 0 Å². The van der Waals surface area contributed by atoms with E-state index in [2.05, 4.69) is 70.4 Å². The number of thiophene rings is 1. The second-order valence-corrected chi connectivity index (χ2v) is 10.9. The molecule has 2 aromatic rings. The zero-order valence-electron chi connectivity index (χ0n) is 17.4. The van der Waals surface area contributed by atoms with E-state index in [1.54, 1.807) is 11.3 Å². The first-order valence-corrected chi connectivity index (χ1v) is 11.3. The van der Waals surface area contributed by atoms with Gasteiger partial charge in [0.15, 0.2) is 0 Å². The molecular weight excluding hydrogens is 386 g/mol. The maximum Gasteiger partial charge on any atom is 0.235 e. The predicted molar refractivity (Wildman–Crippen MR) is 117 cm³/mol. The van der Waals surface area contributed by atoms with E-state index in [1.807, 2.05) is 6.07 Å². The van der Waals surface area contributed by atoms with Crippen molar-refractivity contribution < 1.29 is 10.1 Å². The van der Waals surface area contributed by atoms with Gasteiger partial charge in [-0.2, -0.15) is 5.26 Å². The van der Waals surface area contributed by atoms with Gasteiger partial charge in [0.05, 0.1) is 21.7 Å². The number of nitrogens with two attached hydrogens (primary N) is 1. The van der Waals surface area contributed by atoms with Gasteiger partial charge < -0.3 is 10.6 Å². The summed E-state index contributed by atoms with van der Waals surface area (Å²) >= 11 is 3.08. The maximum absolute atomic E-state index is 12.6. The number of nitriles is 1. The number of carbonyl (C=O) groups is 1. The minimum atomic E-state index is -0.107. The molecule has 1 amide bonds. The molecule has 28 heavy (non-hydrogen) atoms. The van der Waals surface area contributed by atoms with Crippen molar-refractivity contribution in [3.8, 4) is 6.07 Å². The molecular formula is C22H28N3OS2+. The SMILES string of the molecule is Cc1ccc(SCC(=O)Nc2sc3c(c2C#N)CC(C)(C)[NH2+]C3(C)C)cc1C. The highest BCUT2D eigenvalue weighted by molar-refractivity contribution is 8.00. The Bertz CT molecular complexity index is 967. The number of amides is 1. The fraction of sp³-hybridized carbons (Fsp3) is 0.455. The van der Waals surface area contributed by atoms with Gasteiger partial charge in [-0.1, -0.05) is 6.07 Å². The molecule has 1 aliphatic rings. The Morgan fingerprint density at radius 2 is 2.00 bits per heavy atom. The monoisotopic (exact) mass is 414 g/mol. The minimum absolute atomic E-state index is 0.0314. The first-order chi connectivity index (χ1) is 13.0. The van der Waals surface area contributed by atoms with E-state index in [0.29, 0.717) is 16.3 Å². The largest absolute Gasteiger partial charge is 0.333 e. The van der Waals surface area contributed by atoms with Crippen LogP contribution < -0.4 is 10.6 Å². The number of quaternary nitrogens is 1. The van der Waals surface area contributed by atoms with Crippen molar-refractivity contribution in [1.82, 2.24) is 0 Å². The molecule has 1 aliphatic heterocycles. The van der Waals surface area contributed by atoms with E-state index >= 15 is 0 Å². The van der Waals surface area contributed by atoms with Gasteiger partial charge in [-0.3, -0.25) is 4.79 Å². The second kappa shape index (κ2) is 7.55. The van der Waals surface area contributed by atoms with Crippen LogP contribution >= 0.6 is 23.1 Å². The van der Waals surface area contributed by atoms with Crippen LogP contribution in [0.2, 0.25) is 0 Å². The number of hydrogen-bond acceptors (Lipinski definition) is 4. The summed E-state index contributed by atoms with van der Waals surface area (Å²) in [7, 11) is 0. The van der Waals surface area contributed by atoms with Gasteiger partial charge in [0.1, 0.15) is 16.6 Å². The van der Waals surface area contributed by atoms with Crippen LogP contribution in [0.1, 0.15) is 54.8 Å². The van der Waals surface area contributed by atoms with Gasteiger partial charge in [-0.15, -0.1) is 23.1 Å². The van der Waals surface area contributed by atoms with E-state index in [4.69, 9.17) is 0 Å². The van der Waals surface area contributed by atoms with Gasteiger partial charge in [-0.25, -0.2) is 0 Å². The highest BCUT2D eigenvalue weighted by Crippen LogP contribution is 2.41. The summed E-state index contributed by atoms with van der Waals surface area (Å²) in [5.41, 5.74) is 4.14. The number of hydrogen-bond donors (Lipinski definition) is 2. The lowest BCUT2D eigenvalue weighted by Gasteiger charge is -2.38. The molecule has 3 N–H and O–H groups in total. The molecule has 1 aromatic carbocycles. The third kappa shape index (κ3) is 4.27. The Morgan fingerprint density at radius 3 is 2.64 bits per heavy atom. The Labute approximate surface area is 175 Å². The molecule has 3 rings (SSSR count). The topological polar surface area (TPSA) is 69.5 Å². The minimum Gasteiger partial charge on any atom is -0.333 e. The predicted octanol–water partition coefficient (Wildman–Crippen LogP) is 4.10. The molecule has 0 unspecified atom stereocenters. The molecule has 0 saturated heterocycles. The van der Waals surface area contributed by atoms with Crippen LogP contribution in [0.4, 0.5) is 5.00 Å². The molecule has 0 atom stereocenters. The molecule has 0 spiro atoms. The average Bonchev–Trinajstić information content (AvgIpc) is 2.92. The summed E-state index contributed by atoms with van der Waals surface area (Å²) in [6.45, 7) is 12.9. The van der Waals surface area contributed by atoms with E-state index < -0.39 is 0 Å². The summed E-state index contributed by atoms with van der Waals surface area (Å²) < 4.78 is 0. The van der Waals surface area contributed by atoms with E-state index in [1.165, 1.54) is 27.8 Å². The van der Waals surface area contributed by atoms with Crippen molar-refractivity contribution in [2.45, 2.75) is 63.9 Å². The molecule has 4 nitrogen and oxygen atoms in total. The molecule has 0 bridgehead atoms. The molecule has 6 heteroatoms. The molecule has 0 fully saturated rings. The Kier molecular flexibility index (Phi) is 5.64. The third-order valence-electron chi connectivity index (χ3n) is 5.19. The Morgan fingerprint density at radius 1 is 1.29 bits per heavy atom. The molecule has 0 radical (unpaired) electrons. The summed E-state index contributed by atoms with van der Waals surface area (Å²) in [6, 6.07) is 8.58. The first-order valence-electron chi connectivity index (χ1n) is 9.45. The smallest absolute Gasteiger partial charge is 0.235 e. The Balaban J connectivity index is 1.77. The van der Waals surface area contributed by atoms with Gasteiger partial charge in [0.25, 0.3) is 0 Å². The van der Waals surface area contributed by atoms with Crippen LogP contribution in [0, 0.1) is 25.2 Å². The third-order valence-corrected chi connectivity index (χ3v) is 7.67. The normalized spacial score (nSPS) is 16.9. The number of anilines is 1. The standard InChI is InChI=1S/C22H27N3OS2/c1-13-7-8-15(9-14(13)2)27-12-18(26)24-20-17(11-23)16-10-21(3,4)25-22(5,6)19(16)28-20/h7-9,25H,10,12H2,1-6H3,(H,24,26)/p+1. The van der Waals surface area contributed by atoms with Crippen molar-refractivity contribution in [3.05, 3.63) is 45.3 Å². The van der Waals surface area contributed by atoms with E-state index in [0.717, 1.165) is 16.9 Å². The lowest BCUT2D eigenvalue weighted by Crippen LogP contribution is -3.03. The zero-order chi connectivity index (χ0) is 20.7. The number of aryl methyl sites for hydroxylation is 2. The number of nitrogens with one attached hydrogen (secondary N) is 1. The van der Waals surface area contributed by atoms with Crippen LogP contribution in [0.15, 0.2) is 23.1 Å². The van der Waals surface area contributed by atoms with Gasteiger partial charge in [0, 0.05) is 11.3 Å². The fourth-order valence-corrected chi connectivity index (χ4v) is 6.08. The van der Waals surface area contributed by atoms with Crippen LogP contribution in [-0.4, -0.2) is 17.2 Å². The van der Waals surface area contributed by atoms with Crippen molar-refractivity contribution in [3.63, 3.8) is 0 Å². The average molecular weight is 415 g/mol. The van der Waals surface area contributed by atoms with Crippen molar-refractivity contribution in [2.75, 3.05) is 11.1 Å². The van der Waals surface area contributed by atoms with Gasteiger partial charge >= 0.3 is 0 Å². The highest BCUT2D eigenvalue weighted by Gasteiger charge is 2.44. The molecule has 2 heterocycles. The number of rotatable bonds is 4. The number of nitrogens with zero attached hydrogens (tertiary/aromatic N) is 1. The maximum atomic E-state index is 12.6. The van der Waals surface area contributed by atoms with Crippen molar-refractivity contribution >= 4 is 34.0 Å². The number of carbonyl (C=O) groups excluding carboxylic acids is 1. The number of benzene rings is 1. The van der Waals surface area contributed by atoms with Crippen molar-refractivity contribution in [1.29, 1.82) is 5.26 Å². The van der Waals surface area contributed by atoms with Crippen LogP contribution in [-0.2, 0) is 16.8 Å². The summed E-state index contributed by atoms with van der Waals surface area (Å²) in [4.78, 5) is 14.8. The molecule has 0 aliphatic carbocycles. The quantitative estimate of drug-likeness (QED) is 0.740. The van der Waals surface area contributed by atoms with Crippen LogP contribution in [0.5, 0.6) is 0 Å². The Hall–Kier alpha value is -1.81. The van der Waals surface area contributed by atoms with Gasteiger partial charge in [-0.05, 0) is 70.4 Å². The van der Waals surface area contributed by atoms with E-state index in [-0.39, 0.29) is 17.0 Å². The fourth-order valence-electron chi connectivity index (χ4n) is 4.02. The lowest BCUT2D eigenvalue weighted by atomic mass is 9.81. The molecule has 148 valence electrons. The second-order valence-electron chi connectivity index (χ2n) is 8.84. The first kappa shape index (κ1) is 20.9. The molecule has 1 aromatic heterocycles.